The van der Waals surface area contributed by atoms with Gasteiger partial charge < -0.3 is 9.80 Å². The number of hydrogen-bond donors (Lipinski definition) is 0. The van der Waals surface area contributed by atoms with E-state index in [2.05, 4.69) is 29.0 Å². The summed E-state index contributed by atoms with van der Waals surface area (Å²) in [7, 11) is 6.33. The number of aryl methyl sites for hydroxylation is 2. The van der Waals surface area contributed by atoms with Gasteiger partial charge in [-0.05, 0) is 39.8 Å². The average Bonchev–Trinajstić information content (AvgIpc) is 2.64. The Morgan fingerprint density at radius 2 is 1.95 bits per heavy atom. The van der Waals surface area contributed by atoms with Gasteiger partial charge in [0.25, 0.3) is 0 Å². The molecule has 1 aliphatic rings. The van der Waals surface area contributed by atoms with Crippen LogP contribution in [0.2, 0.25) is 0 Å². The molecular weight excluding hydrogens is 260 g/mol. The molecule has 19 heavy (non-hydrogen) atoms. The molecule has 0 spiro atoms. The fraction of sp³-hybridized carbons (Fsp3) is 0.786. The highest BCUT2D eigenvalue weighted by molar-refractivity contribution is 6.17. The second kappa shape index (κ2) is 6.14. The smallest absolute Gasteiger partial charge is 0.131 e. The Bertz CT molecular complexity index is 419. The Morgan fingerprint density at radius 1 is 1.32 bits per heavy atom. The zero-order valence-corrected chi connectivity index (χ0v) is 13.2. The molecule has 5 heteroatoms. The van der Waals surface area contributed by atoms with E-state index in [1.165, 1.54) is 30.8 Å². The van der Waals surface area contributed by atoms with Crippen LogP contribution < -0.4 is 4.90 Å². The topological polar surface area (TPSA) is 24.3 Å². The van der Waals surface area contributed by atoms with Gasteiger partial charge in [0, 0.05) is 32.2 Å². The van der Waals surface area contributed by atoms with Crippen molar-refractivity contribution in [3.8, 4) is 0 Å². The fourth-order valence-electron chi connectivity index (χ4n) is 3.09. The van der Waals surface area contributed by atoms with E-state index in [0.29, 0.717) is 5.88 Å². The van der Waals surface area contributed by atoms with Gasteiger partial charge in [0.15, 0.2) is 0 Å². The van der Waals surface area contributed by atoms with Crippen molar-refractivity contribution in [2.45, 2.75) is 25.6 Å². The lowest BCUT2D eigenvalue weighted by molar-refractivity contribution is 0.284. The van der Waals surface area contributed by atoms with Crippen molar-refractivity contribution in [2.75, 3.05) is 38.6 Å². The molecule has 1 fully saturated rings. The molecule has 0 atom stereocenters. The summed E-state index contributed by atoms with van der Waals surface area (Å²) in [5.41, 5.74) is 2.25. The molecule has 1 saturated heterocycles. The Labute approximate surface area is 121 Å². The maximum atomic E-state index is 6.08. The van der Waals surface area contributed by atoms with Gasteiger partial charge in [-0.2, -0.15) is 5.10 Å². The van der Waals surface area contributed by atoms with Gasteiger partial charge in [-0.25, -0.2) is 0 Å². The first-order valence-corrected chi connectivity index (χ1v) is 7.54. The summed E-state index contributed by atoms with van der Waals surface area (Å²) in [6.07, 6.45) is 2.51. The molecule has 2 heterocycles. The quantitative estimate of drug-likeness (QED) is 0.793. The highest BCUT2D eigenvalue weighted by Crippen LogP contribution is 2.29. The van der Waals surface area contributed by atoms with Crippen LogP contribution in [-0.4, -0.2) is 48.4 Å². The number of anilines is 1. The van der Waals surface area contributed by atoms with E-state index >= 15 is 0 Å². The summed E-state index contributed by atoms with van der Waals surface area (Å²) in [6, 6.07) is 0. The van der Waals surface area contributed by atoms with Crippen LogP contribution in [0.15, 0.2) is 0 Å². The van der Waals surface area contributed by atoms with E-state index in [4.69, 9.17) is 11.6 Å². The van der Waals surface area contributed by atoms with Crippen molar-refractivity contribution in [3.63, 3.8) is 0 Å². The van der Waals surface area contributed by atoms with Crippen LogP contribution in [-0.2, 0) is 12.9 Å². The Morgan fingerprint density at radius 3 is 2.47 bits per heavy atom. The third-order valence-electron chi connectivity index (χ3n) is 3.98. The molecule has 1 aliphatic heterocycles. The zero-order chi connectivity index (χ0) is 14.0. The van der Waals surface area contributed by atoms with E-state index in [1.54, 1.807) is 0 Å². The molecule has 2 rings (SSSR count). The van der Waals surface area contributed by atoms with Crippen molar-refractivity contribution in [2.24, 2.45) is 13.0 Å². The number of nitrogens with zero attached hydrogens (tertiary/aromatic N) is 4. The minimum Gasteiger partial charge on any atom is -0.357 e. The molecule has 0 amide bonds. The minimum absolute atomic E-state index is 0.548. The first-order chi connectivity index (χ1) is 9.02. The highest BCUT2D eigenvalue weighted by atomic mass is 35.5. The predicted octanol–water partition coefficient (Wildman–Crippen LogP) is 2.25. The number of hydrogen-bond acceptors (Lipinski definition) is 3. The molecule has 0 saturated carbocycles. The predicted molar refractivity (Wildman–Crippen MR) is 81.0 cm³/mol. The molecule has 0 aliphatic carbocycles. The third-order valence-corrected chi connectivity index (χ3v) is 4.25. The monoisotopic (exact) mass is 284 g/mol. The molecule has 4 nitrogen and oxygen atoms in total. The van der Waals surface area contributed by atoms with Crippen molar-refractivity contribution in [1.82, 2.24) is 14.7 Å². The van der Waals surface area contributed by atoms with Crippen LogP contribution in [0.4, 0.5) is 5.82 Å². The normalized spacial score (nSPS) is 17.5. The molecule has 1 aromatic rings. The van der Waals surface area contributed by atoms with E-state index in [-0.39, 0.29) is 0 Å². The van der Waals surface area contributed by atoms with Crippen molar-refractivity contribution in [1.29, 1.82) is 0 Å². The largest absolute Gasteiger partial charge is 0.357 e. The molecule has 1 aromatic heterocycles. The van der Waals surface area contributed by atoms with Gasteiger partial charge in [0.05, 0.1) is 11.6 Å². The molecule has 0 radical (unpaired) electrons. The summed E-state index contributed by atoms with van der Waals surface area (Å²) in [4.78, 5) is 4.74. The average molecular weight is 285 g/mol. The van der Waals surface area contributed by atoms with Crippen LogP contribution in [0.3, 0.4) is 0 Å². The maximum absolute atomic E-state index is 6.08. The summed E-state index contributed by atoms with van der Waals surface area (Å²) in [5.74, 6) is 2.59. The third kappa shape index (κ3) is 3.23. The van der Waals surface area contributed by atoms with Crippen LogP contribution in [0.25, 0.3) is 0 Å². The van der Waals surface area contributed by atoms with E-state index in [1.807, 2.05) is 18.7 Å². The second-order valence-corrected chi connectivity index (χ2v) is 6.10. The van der Waals surface area contributed by atoms with Gasteiger partial charge in [-0.1, -0.05) is 0 Å². The van der Waals surface area contributed by atoms with E-state index in [0.717, 1.165) is 24.7 Å². The summed E-state index contributed by atoms with van der Waals surface area (Å²) in [5, 5.41) is 4.51. The molecule has 108 valence electrons. The van der Waals surface area contributed by atoms with E-state index < -0.39 is 0 Å². The highest BCUT2D eigenvalue weighted by Gasteiger charge is 2.24. The lowest BCUT2D eigenvalue weighted by atomic mass is 9.96. The first-order valence-electron chi connectivity index (χ1n) is 7.01. The number of aromatic nitrogens is 2. The summed E-state index contributed by atoms with van der Waals surface area (Å²) in [6.45, 7) is 5.46. The van der Waals surface area contributed by atoms with Crippen LogP contribution >= 0.6 is 11.6 Å². The number of halogens is 1. The van der Waals surface area contributed by atoms with Gasteiger partial charge in [0.1, 0.15) is 5.82 Å². The molecule has 0 N–H and O–H groups in total. The maximum Gasteiger partial charge on any atom is 0.131 e. The molecule has 0 bridgehead atoms. The van der Waals surface area contributed by atoms with Gasteiger partial charge in [0.2, 0.25) is 0 Å². The van der Waals surface area contributed by atoms with Crippen LogP contribution in [0.5, 0.6) is 0 Å². The van der Waals surface area contributed by atoms with Crippen LogP contribution in [0.1, 0.15) is 24.1 Å². The van der Waals surface area contributed by atoms with Gasteiger partial charge in [-0.3, -0.25) is 4.68 Å². The fourth-order valence-corrected chi connectivity index (χ4v) is 3.40. The summed E-state index contributed by atoms with van der Waals surface area (Å²) < 4.78 is 1.99. The molecule has 0 aromatic carbocycles. The number of rotatable bonds is 4. The molecule has 0 unspecified atom stereocenters. The standard InChI is InChI=1S/C14H25ClN4/c1-11-13(9-15)14(18(4)16-11)19-7-5-12(6-8-19)10-17(2)3/h12H,5-10H2,1-4H3. The van der Waals surface area contributed by atoms with Gasteiger partial charge >= 0.3 is 0 Å². The van der Waals surface area contributed by atoms with E-state index in [9.17, 15) is 0 Å². The van der Waals surface area contributed by atoms with Crippen molar-refractivity contribution >= 4 is 17.4 Å². The summed E-state index contributed by atoms with van der Waals surface area (Å²) >= 11 is 6.08. The van der Waals surface area contributed by atoms with Gasteiger partial charge in [-0.15, -0.1) is 11.6 Å². The first kappa shape index (κ1) is 14.7. The lowest BCUT2D eigenvalue weighted by Gasteiger charge is -2.35. The van der Waals surface area contributed by atoms with Crippen molar-refractivity contribution in [3.05, 3.63) is 11.3 Å². The zero-order valence-electron chi connectivity index (χ0n) is 12.5. The van der Waals surface area contributed by atoms with Crippen molar-refractivity contribution < 1.29 is 0 Å². The Kier molecular flexibility index (Phi) is 4.74. The Hall–Kier alpha value is -0.740. The number of alkyl halides is 1. The molecular formula is C14H25ClN4. The van der Waals surface area contributed by atoms with Crippen LogP contribution in [0, 0.1) is 12.8 Å². The second-order valence-electron chi connectivity index (χ2n) is 5.84. The lowest BCUT2D eigenvalue weighted by Crippen LogP contribution is -2.38. The SMILES string of the molecule is Cc1nn(C)c(N2CCC(CN(C)C)CC2)c1CCl. The number of piperidine rings is 1. The Balaban J connectivity index is 2.05. The minimum atomic E-state index is 0.548.